The van der Waals surface area contributed by atoms with Crippen molar-refractivity contribution in [1.82, 2.24) is 0 Å². The summed E-state index contributed by atoms with van der Waals surface area (Å²) in [6.45, 7) is 3.71. The van der Waals surface area contributed by atoms with Crippen molar-refractivity contribution in [2.24, 2.45) is 11.8 Å². The Morgan fingerprint density at radius 2 is 1.31 bits per heavy atom. The summed E-state index contributed by atoms with van der Waals surface area (Å²) in [5, 5.41) is 10.8. The van der Waals surface area contributed by atoms with Crippen LogP contribution in [-0.4, -0.2) is 27.9 Å². The molecule has 5 rings (SSSR count). The normalized spacial score (nSPS) is 32.1. The molecule has 7 heteroatoms. The fraction of sp³-hybridized carbons (Fsp3) is 0.273. The lowest BCUT2D eigenvalue weighted by Gasteiger charge is -2.25. The minimum atomic E-state index is -0.750. The number of fused-ring (bicyclic) bond motifs is 5. The first-order valence-corrected chi connectivity index (χ1v) is 9.37. The first kappa shape index (κ1) is 17.8. The second kappa shape index (κ2) is 5.61. The van der Waals surface area contributed by atoms with Crippen LogP contribution in [0, 0.1) is 22.0 Å². The summed E-state index contributed by atoms with van der Waals surface area (Å²) in [5.74, 6) is -1.50. The van der Waals surface area contributed by atoms with Gasteiger partial charge in [-0.05, 0) is 49.2 Å². The standard InChI is InChI=1S/C22H18N2O5/c1-21-11-12-22(2,29-21)18-17(21)19(25)23(20(18)26)15-7-3-13(4-8-15)14-5-9-16(10-6-14)24(27)28/h3-12,17-18H,1-2H3/t17-,18-,21-,22+/m0/s1. The zero-order chi connectivity index (χ0) is 20.6. The highest BCUT2D eigenvalue weighted by Gasteiger charge is 2.70. The minimum absolute atomic E-state index is 0.0256. The third-order valence-electron chi connectivity index (χ3n) is 6.26. The van der Waals surface area contributed by atoms with Gasteiger partial charge in [0.1, 0.15) is 0 Å². The Labute approximate surface area is 166 Å². The maximum absolute atomic E-state index is 13.1. The van der Waals surface area contributed by atoms with Gasteiger partial charge in [0.25, 0.3) is 5.69 Å². The fourth-order valence-corrected chi connectivity index (χ4v) is 4.86. The number of carbonyl (C=O) groups excluding carboxylic acids is 2. The van der Waals surface area contributed by atoms with Crippen molar-refractivity contribution in [2.75, 3.05) is 4.90 Å². The summed E-state index contributed by atoms with van der Waals surface area (Å²) in [6.07, 6.45) is 3.78. The third-order valence-corrected chi connectivity index (χ3v) is 6.26. The van der Waals surface area contributed by atoms with E-state index in [1.807, 2.05) is 26.0 Å². The van der Waals surface area contributed by atoms with E-state index in [4.69, 9.17) is 4.74 Å². The highest BCUT2D eigenvalue weighted by atomic mass is 16.6. The van der Waals surface area contributed by atoms with Crippen molar-refractivity contribution in [3.05, 3.63) is 70.8 Å². The minimum Gasteiger partial charge on any atom is -0.359 e. The summed E-state index contributed by atoms with van der Waals surface area (Å²) < 4.78 is 6.02. The van der Waals surface area contributed by atoms with Gasteiger partial charge in [-0.15, -0.1) is 0 Å². The Bertz CT molecular complexity index is 1060. The van der Waals surface area contributed by atoms with Crippen LogP contribution in [0.2, 0.25) is 0 Å². The molecule has 0 radical (unpaired) electrons. The number of nitrogens with zero attached hydrogens (tertiary/aromatic N) is 2. The van der Waals surface area contributed by atoms with Crippen LogP contribution in [0.3, 0.4) is 0 Å². The molecule has 29 heavy (non-hydrogen) atoms. The number of ether oxygens (including phenoxy) is 1. The van der Waals surface area contributed by atoms with Crippen molar-refractivity contribution < 1.29 is 19.2 Å². The number of anilines is 1. The number of non-ortho nitro benzene ring substituents is 1. The highest BCUT2D eigenvalue weighted by Crippen LogP contribution is 2.57. The molecule has 0 N–H and O–H groups in total. The van der Waals surface area contributed by atoms with Gasteiger partial charge >= 0.3 is 0 Å². The lowest BCUT2D eigenvalue weighted by molar-refractivity contribution is -0.384. The van der Waals surface area contributed by atoms with Crippen LogP contribution < -0.4 is 4.90 Å². The second-order valence-electron chi connectivity index (χ2n) is 8.12. The van der Waals surface area contributed by atoms with E-state index < -0.39 is 28.0 Å². The van der Waals surface area contributed by atoms with Gasteiger partial charge in [-0.25, -0.2) is 4.90 Å². The van der Waals surface area contributed by atoms with Crippen LogP contribution in [0.4, 0.5) is 11.4 Å². The molecule has 0 unspecified atom stereocenters. The molecule has 4 atom stereocenters. The zero-order valence-electron chi connectivity index (χ0n) is 15.9. The zero-order valence-corrected chi connectivity index (χ0v) is 15.9. The quantitative estimate of drug-likeness (QED) is 0.346. The van der Waals surface area contributed by atoms with Gasteiger partial charge in [-0.2, -0.15) is 0 Å². The Balaban J connectivity index is 1.45. The number of hydrogen-bond donors (Lipinski definition) is 0. The predicted molar refractivity (Wildman–Crippen MR) is 105 cm³/mol. The van der Waals surface area contributed by atoms with E-state index in [1.54, 1.807) is 36.4 Å². The molecule has 3 heterocycles. The molecule has 0 aromatic heterocycles. The summed E-state index contributed by atoms with van der Waals surface area (Å²) in [5.41, 5.74) is 0.698. The van der Waals surface area contributed by atoms with Crippen LogP contribution in [0.15, 0.2) is 60.7 Å². The number of amides is 2. The number of rotatable bonds is 3. The summed E-state index contributed by atoms with van der Waals surface area (Å²) in [7, 11) is 0. The van der Waals surface area contributed by atoms with E-state index >= 15 is 0 Å². The molecule has 2 bridgehead atoms. The molecular formula is C22H18N2O5. The number of hydrogen-bond acceptors (Lipinski definition) is 5. The average Bonchev–Trinajstić information content (AvgIpc) is 3.25. The Hall–Kier alpha value is -3.32. The molecule has 3 aliphatic heterocycles. The van der Waals surface area contributed by atoms with Crippen molar-refractivity contribution in [3.63, 3.8) is 0 Å². The largest absolute Gasteiger partial charge is 0.359 e. The number of nitro benzene ring substituents is 1. The smallest absolute Gasteiger partial charge is 0.269 e. The Morgan fingerprint density at radius 3 is 1.76 bits per heavy atom. The molecule has 0 saturated carbocycles. The number of nitro groups is 1. The lowest BCUT2D eigenvalue weighted by atomic mass is 9.73. The molecule has 2 fully saturated rings. The predicted octanol–water partition coefficient (Wildman–Crippen LogP) is 3.48. The van der Waals surface area contributed by atoms with Gasteiger partial charge in [0.05, 0.1) is 33.6 Å². The molecule has 7 nitrogen and oxygen atoms in total. The van der Waals surface area contributed by atoms with Crippen molar-refractivity contribution in [1.29, 1.82) is 0 Å². The van der Waals surface area contributed by atoms with E-state index in [1.165, 1.54) is 17.0 Å². The number of carbonyl (C=O) groups is 2. The SMILES string of the molecule is C[C@]12C=C[C@](C)(O1)[C@@H]1C(=O)N(c3ccc(-c4ccc([N+](=O)[O-])cc4)cc3)C(=O)[C@H]12. The molecule has 146 valence electrons. The molecule has 0 spiro atoms. The number of benzene rings is 2. The van der Waals surface area contributed by atoms with Gasteiger partial charge in [0, 0.05) is 12.1 Å². The summed E-state index contributed by atoms with van der Waals surface area (Å²) in [4.78, 5) is 37.9. The van der Waals surface area contributed by atoms with E-state index in [2.05, 4.69) is 0 Å². The maximum Gasteiger partial charge on any atom is 0.269 e. The van der Waals surface area contributed by atoms with E-state index in [9.17, 15) is 19.7 Å². The van der Waals surface area contributed by atoms with Crippen LogP contribution in [0.1, 0.15) is 13.8 Å². The third kappa shape index (κ3) is 2.34. The Kier molecular flexibility index (Phi) is 3.43. The molecule has 2 amide bonds. The summed E-state index contributed by atoms with van der Waals surface area (Å²) in [6, 6.07) is 13.3. The molecular weight excluding hydrogens is 372 g/mol. The van der Waals surface area contributed by atoms with Gasteiger partial charge in [-0.3, -0.25) is 19.7 Å². The molecule has 2 aromatic carbocycles. The lowest BCUT2D eigenvalue weighted by Crippen LogP contribution is -2.39. The van der Waals surface area contributed by atoms with E-state index in [0.717, 1.165) is 11.1 Å². The van der Waals surface area contributed by atoms with Crippen LogP contribution in [0.5, 0.6) is 0 Å². The van der Waals surface area contributed by atoms with Crippen molar-refractivity contribution in [2.45, 2.75) is 25.0 Å². The maximum atomic E-state index is 13.1. The van der Waals surface area contributed by atoms with E-state index in [0.29, 0.717) is 5.69 Å². The van der Waals surface area contributed by atoms with Crippen LogP contribution >= 0.6 is 0 Å². The van der Waals surface area contributed by atoms with Gasteiger partial charge in [0.2, 0.25) is 11.8 Å². The molecule has 3 aliphatic rings. The fourth-order valence-electron chi connectivity index (χ4n) is 4.86. The first-order chi connectivity index (χ1) is 13.7. The average molecular weight is 390 g/mol. The topological polar surface area (TPSA) is 89.8 Å². The molecule has 0 aliphatic carbocycles. The number of imide groups is 1. The monoisotopic (exact) mass is 390 g/mol. The van der Waals surface area contributed by atoms with Crippen LogP contribution in [-0.2, 0) is 14.3 Å². The second-order valence-corrected chi connectivity index (χ2v) is 8.12. The first-order valence-electron chi connectivity index (χ1n) is 9.37. The van der Waals surface area contributed by atoms with E-state index in [-0.39, 0.29) is 17.5 Å². The molecule has 2 saturated heterocycles. The summed E-state index contributed by atoms with van der Waals surface area (Å²) >= 11 is 0. The van der Waals surface area contributed by atoms with Crippen LogP contribution in [0.25, 0.3) is 11.1 Å². The van der Waals surface area contributed by atoms with Gasteiger partial charge in [0.15, 0.2) is 0 Å². The van der Waals surface area contributed by atoms with Gasteiger partial charge < -0.3 is 4.74 Å². The van der Waals surface area contributed by atoms with Crippen molar-refractivity contribution >= 4 is 23.2 Å². The van der Waals surface area contributed by atoms with Gasteiger partial charge in [-0.1, -0.05) is 24.3 Å². The highest BCUT2D eigenvalue weighted by molar-refractivity contribution is 6.23. The Morgan fingerprint density at radius 1 is 0.862 bits per heavy atom. The molecule has 2 aromatic rings. The van der Waals surface area contributed by atoms with Crippen molar-refractivity contribution in [3.8, 4) is 11.1 Å².